The minimum Gasteiger partial charge on any atom is -0.466 e. The zero-order valence-corrected chi connectivity index (χ0v) is 19.7. The molecule has 0 aliphatic carbocycles. The van der Waals surface area contributed by atoms with Crippen LogP contribution in [0, 0.1) is 0 Å². The van der Waals surface area contributed by atoms with Crippen LogP contribution in [0.2, 0.25) is 5.02 Å². The Labute approximate surface area is 196 Å². The van der Waals surface area contributed by atoms with Gasteiger partial charge < -0.3 is 19.7 Å². The van der Waals surface area contributed by atoms with Gasteiger partial charge in [0.2, 0.25) is 5.91 Å². The molecular weight excluding hydrogens is 450 g/mol. The number of nitrogens with one attached hydrogen (secondary N) is 1. The molecule has 4 rings (SSSR count). The number of halogens is 1. The van der Waals surface area contributed by atoms with E-state index < -0.39 is 12.0 Å². The predicted molar refractivity (Wildman–Crippen MR) is 125 cm³/mol. The third-order valence-electron chi connectivity index (χ3n) is 5.69. The van der Waals surface area contributed by atoms with Crippen LogP contribution in [0.4, 0.5) is 0 Å². The first-order valence-corrected chi connectivity index (χ1v) is 12.0. The number of amides is 1. The third kappa shape index (κ3) is 4.72. The first-order valence-electron chi connectivity index (χ1n) is 10.7. The van der Waals surface area contributed by atoms with E-state index in [4.69, 9.17) is 26.1 Å². The number of allylic oxidation sites excluding steroid dienone is 1. The fourth-order valence-electron chi connectivity index (χ4n) is 4.16. The molecule has 9 heteroatoms. The Morgan fingerprint density at radius 1 is 1.41 bits per heavy atom. The minimum atomic E-state index is -0.476. The van der Waals surface area contributed by atoms with Crippen molar-refractivity contribution in [3.63, 3.8) is 0 Å². The van der Waals surface area contributed by atoms with Crippen molar-refractivity contribution in [2.45, 2.75) is 44.8 Å². The highest BCUT2D eigenvalue weighted by Gasteiger charge is 2.41. The van der Waals surface area contributed by atoms with Gasteiger partial charge in [-0.1, -0.05) is 42.4 Å². The van der Waals surface area contributed by atoms with E-state index in [1.165, 1.54) is 18.9 Å². The van der Waals surface area contributed by atoms with Gasteiger partial charge in [-0.3, -0.25) is 4.79 Å². The number of rotatable bonds is 7. The summed E-state index contributed by atoms with van der Waals surface area (Å²) in [6, 6.07) is 6.93. The summed E-state index contributed by atoms with van der Waals surface area (Å²) in [5.41, 5.74) is 2.76. The van der Waals surface area contributed by atoms with Gasteiger partial charge in [0.1, 0.15) is 0 Å². The number of thioether (sulfide) groups is 1. The van der Waals surface area contributed by atoms with E-state index in [0.29, 0.717) is 29.3 Å². The van der Waals surface area contributed by atoms with Gasteiger partial charge in [0.15, 0.2) is 5.17 Å². The zero-order valence-electron chi connectivity index (χ0n) is 18.1. The largest absolute Gasteiger partial charge is 0.466 e. The Bertz CT molecular complexity index is 1000. The van der Waals surface area contributed by atoms with Gasteiger partial charge >= 0.3 is 5.97 Å². The van der Waals surface area contributed by atoms with Crippen LogP contribution in [0.3, 0.4) is 0 Å². The number of methoxy groups -OCH3 is 1. The number of carbonyl (C=O) groups excluding carboxylic acids is 2. The molecule has 1 aromatic rings. The van der Waals surface area contributed by atoms with E-state index in [0.717, 1.165) is 35.9 Å². The molecular formula is C23H26ClN3O4S. The van der Waals surface area contributed by atoms with Crippen molar-refractivity contribution in [3.05, 3.63) is 57.2 Å². The lowest BCUT2D eigenvalue weighted by Gasteiger charge is -2.36. The first-order chi connectivity index (χ1) is 15.5. The van der Waals surface area contributed by atoms with E-state index in [1.54, 1.807) is 6.07 Å². The summed E-state index contributed by atoms with van der Waals surface area (Å²) >= 11 is 7.74. The molecule has 0 bridgehead atoms. The predicted octanol–water partition coefficient (Wildman–Crippen LogP) is 4.16. The van der Waals surface area contributed by atoms with Crippen molar-refractivity contribution in [1.82, 2.24) is 10.2 Å². The number of hydrogen-bond donors (Lipinski definition) is 1. The summed E-state index contributed by atoms with van der Waals surface area (Å²) in [5.74, 6) is -0.531. The number of amidine groups is 1. The molecule has 1 N–H and O–H groups in total. The topological polar surface area (TPSA) is 80.2 Å². The second kappa shape index (κ2) is 10.1. The minimum absolute atomic E-state index is 0.0816. The summed E-state index contributed by atoms with van der Waals surface area (Å²) in [6.07, 6.45) is 2.83. The van der Waals surface area contributed by atoms with Crippen LogP contribution in [0.5, 0.6) is 0 Å². The van der Waals surface area contributed by atoms with Crippen LogP contribution in [0.1, 0.15) is 44.2 Å². The summed E-state index contributed by atoms with van der Waals surface area (Å²) in [6.45, 7) is 3.21. The normalized spacial score (nSPS) is 22.4. The molecule has 7 nitrogen and oxygen atoms in total. The Morgan fingerprint density at radius 2 is 2.25 bits per heavy atom. The van der Waals surface area contributed by atoms with Crippen LogP contribution >= 0.6 is 23.4 Å². The number of aliphatic imine (C=N–C) groups is 1. The SMILES string of the molecule is CCC1=C(C(=O)OC)[C@H](c2cccc(Cl)c2)N2C(CC(=O)NC[C@H]3CCCO3)=CSC2=N1. The molecule has 170 valence electrons. The number of fused-ring (bicyclic) bond motifs is 1. The maximum Gasteiger partial charge on any atom is 0.338 e. The number of nitrogens with zero attached hydrogens (tertiary/aromatic N) is 2. The van der Waals surface area contributed by atoms with Crippen LogP contribution < -0.4 is 5.32 Å². The first kappa shape index (κ1) is 22.9. The van der Waals surface area contributed by atoms with E-state index in [2.05, 4.69) is 5.32 Å². The van der Waals surface area contributed by atoms with Crippen molar-refractivity contribution in [3.8, 4) is 0 Å². The Kier molecular flexibility index (Phi) is 7.23. The number of benzene rings is 1. The maximum atomic E-state index is 12.8. The average molecular weight is 476 g/mol. The van der Waals surface area contributed by atoms with Gasteiger partial charge in [-0.2, -0.15) is 0 Å². The number of carbonyl (C=O) groups is 2. The summed E-state index contributed by atoms with van der Waals surface area (Å²) in [5, 5.41) is 6.20. The molecule has 2 atom stereocenters. The third-order valence-corrected chi connectivity index (χ3v) is 6.81. The second-order valence-corrected chi connectivity index (χ2v) is 9.04. The van der Waals surface area contributed by atoms with Crippen molar-refractivity contribution in [1.29, 1.82) is 0 Å². The number of hydrogen-bond acceptors (Lipinski definition) is 7. The fraction of sp³-hybridized carbons (Fsp3) is 0.435. The highest BCUT2D eigenvalue weighted by atomic mass is 35.5. The average Bonchev–Trinajstić information content (AvgIpc) is 3.46. The highest BCUT2D eigenvalue weighted by molar-refractivity contribution is 8.16. The van der Waals surface area contributed by atoms with Crippen LogP contribution in [-0.4, -0.2) is 48.3 Å². The van der Waals surface area contributed by atoms with Gasteiger partial charge in [-0.05, 0) is 42.4 Å². The molecule has 0 radical (unpaired) electrons. The van der Waals surface area contributed by atoms with Crippen LogP contribution in [-0.2, 0) is 19.1 Å². The van der Waals surface area contributed by atoms with Gasteiger partial charge in [0, 0.05) is 23.9 Å². The summed E-state index contributed by atoms with van der Waals surface area (Å²) in [7, 11) is 1.37. The molecule has 3 aliphatic heterocycles. The van der Waals surface area contributed by atoms with Gasteiger partial charge in [-0.15, -0.1) is 0 Å². The second-order valence-electron chi connectivity index (χ2n) is 7.77. The molecule has 0 aromatic heterocycles. The molecule has 1 aromatic carbocycles. The highest BCUT2D eigenvalue weighted by Crippen LogP contribution is 2.45. The molecule has 0 spiro atoms. The molecule has 0 saturated carbocycles. The fourth-order valence-corrected chi connectivity index (χ4v) is 5.30. The van der Waals surface area contributed by atoms with E-state index in [-0.39, 0.29) is 18.4 Å². The Morgan fingerprint density at radius 3 is 2.94 bits per heavy atom. The Balaban J connectivity index is 1.63. The van der Waals surface area contributed by atoms with E-state index >= 15 is 0 Å². The maximum absolute atomic E-state index is 12.8. The smallest absolute Gasteiger partial charge is 0.338 e. The van der Waals surface area contributed by atoms with Crippen molar-refractivity contribution in [2.75, 3.05) is 20.3 Å². The monoisotopic (exact) mass is 475 g/mol. The summed E-state index contributed by atoms with van der Waals surface area (Å²) < 4.78 is 10.7. The lowest BCUT2D eigenvalue weighted by Crippen LogP contribution is -2.39. The molecule has 1 fully saturated rings. The quantitative estimate of drug-likeness (QED) is 0.596. The van der Waals surface area contributed by atoms with E-state index in [1.807, 2.05) is 35.4 Å². The number of esters is 1. The summed E-state index contributed by atoms with van der Waals surface area (Å²) in [4.78, 5) is 32.2. The van der Waals surface area contributed by atoms with Gasteiger partial charge in [0.25, 0.3) is 0 Å². The number of ether oxygens (including phenoxy) is 2. The molecule has 1 saturated heterocycles. The zero-order chi connectivity index (χ0) is 22.7. The molecule has 0 unspecified atom stereocenters. The van der Waals surface area contributed by atoms with Gasteiger partial charge in [-0.25, -0.2) is 9.79 Å². The lowest BCUT2D eigenvalue weighted by molar-refractivity contribution is -0.136. The van der Waals surface area contributed by atoms with Crippen molar-refractivity contribution >= 4 is 40.4 Å². The van der Waals surface area contributed by atoms with E-state index in [9.17, 15) is 9.59 Å². The molecule has 3 heterocycles. The molecule has 3 aliphatic rings. The lowest BCUT2D eigenvalue weighted by atomic mass is 9.93. The Hall–Kier alpha value is -2.29. The molecule has 1 amide bonds. The standard InChI is InChI=1S/C23H26ClN3O4S/c1-3-18-20(22(29)30-2)21(14-6-4-7-15(24)10-14)27-16(13-32-23(27)26-18)11-19(28)25-12-17-8-5-9-31-17/h4,6-7,10,13,17,21H,3,5,8-9,11-12H2,1-2H3,(H,25,28)/t17-,21+/m1/s1. The van der Waals surface area contributed by atoms with Crippen molar-refractivity contribution in [2.24, 2.45) is 4.99 Å². The van der Waals surface area contributed by atoms with Crippen LogP contribution in [0.25, 0.3) is 0 Å². The molecule has 32 heavy (non-hydrogen) atoms. The van der Waals surface area contributed by atoms with Crippen molar-refractivity contribution < 1.29 is 19.1 Å². The van der Waals surface area contributed by atoms with Crippen LogP contribution in [0.15, 0.2) is 51.6 Å². The van der Waals surface area contributed by atoms with Gasteiger partial charge in [0.05, 0.1) is 36.9 Å².